The van der Waals surface area contributed by atoms with Gasteiger partial charge in [0.15, 0.2) is 0 Å². The Labute approximate surface area is 120 Å². The Morgan fingerprint density at radius 1 is 1.05 bits per heavy atom. The molecule has 0 aromatic rings. The number of aliphatic carboxylic acids is 1. The number of carbonyl (C=O) groups is 2. The Hall–Kier alpha value is -1.14. The fraction of sp³-hybridized carbons (Fsp3) is 0.857. The Morgan fingerprint density at radius 3 is 2.35 bits per heavy atom. The van der Waals surface area contributed by atoms with Crippen LogP contribution in [0.1, 0.15) is 45.4 Å². The van der Waals surface area contributed by atoms with Crippen molar-refractivity contribution in [3.63, 3.8) is 0 Å². The number of hydrogen-bond donors (Lipinski definition) is 2. The third-order valence-corrected chi connectivity index (χ3v) is 2.95. The number of aliphatic hydroxyl groups is 1. The SMILES string of the molecule is CCCCCCOC(=O)CCN(CCO)CCC(=O)O. The van der Waals surface area contributed by atoms with E-state index in [1.54, 1.807) is 4.90 Å². The minimum Gasteiger partial charge on any atom is -0.481 e. The van der Waals surface area contributed by atoms with Crippen LogP contribution in [0.4, 0.5) is 0 Å². The molecule has 0 aliphatic heterocycles. The first-order valence-corrected chi connectivity index (χ1v) is 7.30. The Balaban J connectivity index is 3.72. The van der Waals surface area contributed by atoms with Gasteiger partial charge in [0.05, 0.1) is 26.1 Å². The molecule has 0 saturated carbocycles. The molecule has 0 unspecified atom stereocenters. The number of nitrogens with zero attached hydrogens (tertiary/aromatic N) is 1. The van der Waals surface area contributed by atoms with Gasteiger partial charge in [-0.25, -0.2) is 0 Å². The maximum Gasteiger partial charge on any atom is 0.307 e. The lowest BCUT2D eigenvalue weighted by Crippen LogP contribution is -2.31. The van der Waals surface area contributed by atoms with Gasteiger partial charge in [0.25, 0.3) is 0 Å². The molecule has 0 bridgehead atoms. The van der Waals surface area contributed by atoms with Gasteiger partial charge in [0.1, 0.15) is 0 Å². The van der Waals surface area contributed by atoms with Crippen molar-refractivity contribution in [3.8, 4) is 0 Å². The minimum atomic E-state index is -0.883. The van der Waals surface area contributed by atoms with Gasteiger partial charge >= 0.3 is 11.9 Å². The normalized spacial score (nSPS) is 10.8. The van der Waals surface area contributed by atoms with Crippen LogP contribution in [0.5, 0.6) is 0 Å². The van der Waals surface area contributed by atoms with Crippen LogP contribution in [0.25, 0.3) is 0 Å². The first-order valence-electron chi connectivity index (χ1n) is 7.30. The van der Waals surface area contributed by atoms with Crippen LogP contribution in [0.2, 0.25) is 0 Å². The third kappa shape index (κ3) is 11.9. The summed E-state index contributed by atoms with van der Waals surface area (Å²) >= 11 is 0. The molecule has 6 nitrogen and oxygen atoms in total. The quantitative estimate of drug-likeness (QED) is 0.392. The fourth-order valence-corrected chi connectivity index (χ4v) is 1.77. The number of carbonyl (C=O) groups excluding carboxylic acids is 1. The molecule has 0 aliphatic rings. The van der Waals surface area contributed by atoms with Crippen molar-refractivity contribution in [3.05, 3.63) is 0 Å². The van der Waals surface area contributed by atoms with Crippen LogP contribution < -0.4 is 0 Å². The number of ether oxygens (including phenoxy) is 1. The fourth-order valence-electron chi connectivity index (χ4n) is 1.77. The van der Waals surface area contributed by atoms with Crippen molar-refractivity contribution in [2.24, 2.45) is 0 Å². The molecular formula is C14H27NO5. The van der Waals surface area contributed by atoms with Gasteiger partial charge in [-0.1, -0.05) is 26.2 Å². The summed E-state index contributed by atoms with van der Waals surface area (Å²) < 4.78 is 5.10. The summed E-state index contributed by atoms with van der Waals surface area (Å²) in [4.78, 5) is 23.7. The number of aliphatic hydroxyl groups excluding tert-OH is 1. The van der Waals surface area contributed by atoms with E-state index in [9.17, 15) is 9.59 Å². The van der Waals surface area contributed by atoms with Crippen LogP contribution in [-0.4, -0.2) is 59.9 Å². The van der Waals surface area contributed by atoms with Gasteiger partial charge < -0.3 is 14.9 Å². The highest BCUT2D eigenvalue weighted by molar-refractivity contribution is 5.69. The van der Waals surface area contributed by atoms with Crippen molar-refractivity contribution in [1.29, 1.82) is 0 Å². The van der Waals surface area contributed by atoms with Crippen LogP contribution in [0.15, 0.2) is 0 Å². The van der Waals surface area contributed by atoms with E-state index in [2.05, 4.69) is 6.92 Å². The minimum absolute atomic E-state index is 0.00602. The zero-order valence-corrected chi connectivity index (χ0v) is 12.3. The summed E-state index contributed by atoms with van der Waals surface area (Å²) in [5.74, 6) is -1.15. The van der Waals surface area contributed by atoms with Crippen LogP contribution in [0, 0.1) is 0 Å². The molecule has 0 saturated heterocycles. The molecule has 6 heteroatoms. The lowest BCUT2D eigenvalue weighted by Gasteiger charge is -2.19. The molecule has 0 heterocycles. The van der Waals surface area contributed by atoms with E-state index in [1.165, 1.54) is 0 Å². The second kappa shape index (κ2) is 12.9. The van der Waals surface area contributed by atoms with E-state index < -0.39 is 5.97 Å². The zero-order valence-electron chi connectivity index (χ0n) is 12.3. The predicted molar refractivity (Wildman–Crippen MR) is 75.5 cm³/mol. The molecular weight excluding hydrogens is 262 g/mol. The highest BCUT2D eigenvalue weighted by Crippen LogP contribution is 2.01. The third-order valence-electron chi connectivity index (χ3n) is 2.95. The largest absolute Gasteiger partial charge is 0.481 e. The Morgan fingerprint density at radius 2 is 1.75 bits per heavy atom. The smallest absolute Gasteiger partial charge is 0.307 e. The van der Waals surface area contributed by atoms with Crippen molar-refractivity contribution in [2.75, 3.05) is 32.8 Å². The summed E-state index contributed by atoms with van der Waals surface area (Å²) in [5.41, 5.74) is 0. The van der Waals surface area contributed by atoms with Gasteiger partial charge in [-0.05, 0) is 6.42 Å². The van der Waals surface area contributed by atoms with E-state index >= 15 is 0 Å². The van der Waals surface area contributed by atoms with Crippen LogP contribution >= 0.6 is 0 Å². The van der Waals surface area contributed by atoms with Gasteiger partial charge in [-0.2, -0.15) is 0 Å². The number of carboxylic acids is 1. The second-order valence-corrected chi connectivity index (χ2v) is 4.74. The van der Waals surface area contributed by atoms with Crippen molar-refractivity contribution >= 4 is 11.9 Å². The number of esters is 1. The van der Waals surface area contributed by atoms with E-state index in [1.807, 2.05) is 0 Å². The number of rotatable bonds is 13. The molecule has 118 valence electrons. The Kier molecular flexibility index (Phi) is 12.1. The van der Waals surface area contributed by atoms with Gasteiger partial charge in [0.2, 0.25) is 0 Å². The highest BCUT2D eigenvalue weighted by Gasteiger charge is 2.10. The lowest BCUT2D eigenvalue weighted by atomic mass is 10.2. The van der Waals surface area contributed by atoms with Crippen LogP contribution in [-0.2, 0) is 14.3 Å². The van der Waals surface area contributed by atoms with E-state index in [0.29, 0.717) is 26.2 Å². The summed E-state index contributed by atoms with van der Waals surface area (Å²) in [7, 11) is 0. The van der Waals surface area contributed by atoms with E-state index in [0.717, 1.165) is 25.7 Å². The highest BCUT2D eigenvalue weighted by atomic mass is 16.5. The number of carboxylic acid groups (broad SMARTS) is 1. The molecule has 2 N–H and O–H groups in total. The van der Waals surface area contributed by atoms with Gasteiger partial charge in [-0.15, -0.1) is 0 Å². The number of hydrogen-bond acceptors (Lipinski definition) is 5. The lowest BCUT2D eigenvalue weighted by molar-refractivity contribution is -0.144. The molecule has 0 atom stereocenters. The zero-order chi connectivity index (χ0) is 15.2. The average molecular weight is 289 g/mol. The average Bonchev–Trinajstić information content (AvgIpc) is 2.41. The molecule has 0 aromatic heterocycles. The second-order valence-electron chi connectivity index (χ2n) is 4.74. The standard InChI is InChI=1S/C14H27NO5/c1-2-3-4-5-12-20-14(19)7-9-15(10-11-16)8-6-13(17)18/h16H,2-12H2,1H3,(H,17,18). The van der Waals surface area contributed by atoms with Crippen molar-refractivity contribution < 1.29 is 24.5 Å². The molecule has 0 spiro atoms. The maximum absolute atomic E-state index is 11.5. The summed E-state index contributed by atoms with van der Waals surface area (Å²) in [5, 5.41) is 17.5. The summed E-state index contributed by atoms with van der Waals surface area (Å²) in [6, 6.07) is 0. The summed E-state index contributed by atoms with van der Waals surface area (Å²) in [6.07, 6.45) is 4.49. The molecule has 20 heavy (non-hydrogen) atoms. The Bertz CT molecular complexity index is 270. The van der Waals surface area contributed by atoms with E-state index in [4.69, 9.17) is 14.9 Å². The molecule has 0 aliphatic carbocycles. The van der Waals surface area contributed by atoms with Gasteiger partial charge in [-0.3, -0.25) is 14.5 Å². The molecule has 0 rings (SSSR count). The summed E-state index contributed by atoms with van der Waals surface area (Å²) in [6.45, 7) is 3.65. The first kappa shape index (κ1) is 18.9. The van der Waals surface area contributed by atoms with Crippen LogP contribution in [0.3, 0.4) is 0 Å². The molecule has 0 fully saturated rings. The van der Waals surface area contributed by atoms with Crippen molar-refractivity contribution in [2.45, 2.75) is 45.4 Å². The maximum atomic E-state index is 11.5. The topological polar surface area (TPSA) is 87.1 Å². The van der Waals surface area contributed by atoms with Gasteiger partial charge in [0, 0.05) is 19.6 Å². The predicted octanol–water partition coefficient (Wildman–Crippen LogP) is 1.27. The van der Waals surface area contributed by atoms with Crippen molar-refractivity contribution in [1.82, 2.24) is 4.90 Å². The molecule has 0 radical (unpaired) electrons. The number of unbranched alkanes of at least 4 members (excludes halogenated alkanes) is 3. The molecule has 0 amide bonds. The molecule has 0 aromatic carbocycles. The van der Waals surface area contributed by atoms with E-state index in [-0.39, 0.29) is 25.4 Å². The first-order chi connectivity index (χ1) is 9.60. The monoisotopic (exact) mass is 289 g/mol.